The van der Waals surface area contributed by atoms with Crippen molar-refractivity contribution < 1.29 is 4.39 Å². The lowest BCUT2D eigenvalue weighted by molar-refractivity contribution is 0.152. The summed E-state index contributed by atoms with van der Waals surface area (Å²) < 4.78 is 13.9. The lowest BCUT2D eigenvalue weighted by Crippen LogP contribution is -2.37. The average Bonchev–Trinajstić information content (AvgIpc) is 2.44. The fourth-order valence-electron chi connectivity index (χ4n) is 3.23. The number of nitrogens with two attached hydrogens (primary N) is 1. The zero-order chi connectivity index (χ0) is 13.9. The second kappa shape index (κ2) is 6.23. The normalized spacial score (nSPS) is 27.5. The van der Waals surface area contributed by atoms with Crippen molar-refractivity contribution in [2.75, 3.05) is 6.54 Å². The van der Waals surface area contributed by atoms with Crippen LogP contribution in [0.3, 0.4) is 0 Å². The van der Waals surface area contributed by atoms with Crippen LogP contribution in [-0.2, 0) is 6.42 Å². The molecular weight excluding hydrogens is 261 g/mol. The maximum absolute atomic E-state index is 13.9. The molecule has 1 aromatic rings. The van der Waals surface area contributed by atoms with Gasteiger partial charge in [0.05, 0.1) is 0 Å². The van der Waals surface area contributed by atoms with E-state index in [0.717, 1.165) is 18.8 Å². The maximum Gasteiger partial charge on any atom is 0.127 e. The number of hydrogen-bond donors (Lipinski definition) is 1. The second-order valence-electron chi connectivity index (χ2n) is 5.93. The van der Waals surface area contributed by atoms with Crippen LogP contribution in [0.4, 0.5) is 4.39 Å². The standard InChI is InChI=1S/C16H23ClFN/c1-2-12-6-8-16(11-19,9-7-12)10-13-14(17)4-3-5-15(13)18/h3-5,12H,2,6-11,19H2,1H3. The molecule has 19 heavy (non-hydrogen) atoms. The zero-order valence-corrected chi connectivity index (χ0v) is 12.3. The first-order valence-corrected chi connectivity index (χ1v) is 7.61. The predicted molar refractivity (Wildman–Crippen MR) is 78.9 cm³/mol. The van der Waals surface area contributed by atoms with E-state index in [9.17, 15) is 4.39 Å². The van der Waals surface area contributed by atoms with Gasteiger partial charge >= 0.3 is 0 Å². The van der Waals surface area contributed by atoms with Gasteiger partial charge < -0.3 is 5.73 Å². The number of benzene rings is 1. The predicted octanol–water partition coefficient (Wildman–Crippen LogP) is 4.57. The third kappa shape index (κ3) is 3.29. The minimum Gasteiger partial charge on any atom is -0.330 e. The van der Waals surface area contributed by atoms with Gasteiger partial charge in [0, 0.05) is 10.6 Å². The highest BCUT2D eigenvalue weighted by molar-refractivity contribution is 6.31. The molecule has 1 nitrogen and oxygen atoms in total. The Kier molecular flexibility index (Phi) is 4.86. The summed E-state index contributed by atoms with van der Waals surface area (Å²) in [6.45, 7) is 2.86. The van der Waals surface area contributed by atoms with Crippen LogP contribution in [0.25, 0.3) is 0 Å². The van der Waals surface area contributed by atoms with Crippen molar-refractivity contribution in [3.05, 3.63) is 34.6 Å². The second-order valence-corrected chi connectivity index (χ2v) is 6.34. The van der Waals surface area contributed by atoms with Crippen molar-refractivity contribution in [3.8, 4) is 0 Å². The van der Waals surface area contributed by atoms with Gasteiger partial charge in [0.1, 0.15) is 5.82 Å². The third-order valence-corrected chi connectivity index (χ3v) is 5.14. The number of halogens is 2. The van der Waals surface area contributed by atoms with Crippen LogP contribution in [0.2, 0.25) is 5.02 Å². The highest BCUT2D eigenvalue weighted by Gasteiger charge is 2.35. The Morgan fingerprint density at radius 1 is 1.37 bits per heavy atom. The van der Waals surface area contributed by atoms with E-state index in [1.54, 1.807) is 12.1 Å². The Morgan fingerprint density at radius 2 is 2.05 bits per heavy atom. The fraction of sp³-hybridized carbons (Fsp3) is 0.625. The molecule has 0 radical (unpaired) electrons. The summed E-state index contributed by atoms with van der Waals surface area (Å²) in [7, 11) is 0. The summed E-state index contributed by atoms with van der Waals surface area (Å²) >= 11 is 6.14. The molecule has 1 aliphatic rings. The molecule has 0 atom stereocenters. The molecule has 106 valence electrons. The minimum absolute atomic E-state index is 0.0392. The Hall–Kier alpha value is -0.600. The van der Waals surface area contributed by atoms with E-state index in [2.05, 4.69) is 6.92 Å². The van der Waals surface area contributed by atoms with Gasteiger partial charge in [0.15, 0.2) is 0 Å². The maximum atomic E-state index is 13.9. The summed E-state index contributed by atoms with van der Waals surface area (Å²) in [5.74, 6) is 0.619. The van der Waals surface area contributed by atoms with Gasteiger partial charge in [-0.25, -0.2) is 4.39 Å². The first-order chi connectivity index (χ1) is 9.10. The van der Waals surface area contributed by atoms with Crippen LogP contribution in [-0.4, -0.2) is 6.54 Å². The fourth-order valence-corrected chi connectivity index (χ4v) is 3.46. The summed E-state index contributed by atoms with van der Waals surface area (Å²) in [4.78, 5) is 0. The first-order valence-electron chi connectivity index (χ1n) is 7.23. The molecule has 2 N–H and O–H groups in total. The summed E-state index contributed by atoms with van der Waals surface area (Å²) in [5.41, 5.74) is 6.69. The molecule has 0 saturated heterocycles. The lowest BCUT2D eigenvalue weighted by Gasteiger charge is -2.39. The molecule has 0 aliphatic heterocycles. The third-order valence-electron chi connectivity index (χ3n) is 4.79. The smallest absolute Gasteiger partial charge is 0.127 e. The molecule has 0 bridgehead atoms. The van der Waals surface area contributed by atoms with Crippen molar-refractivity contribution in [3.63, 3.8) is 0 Å². The topological polar surface area (TPSA) is 26.0 Å². The van der Waals surface area contributed by atoms with Crippen LogP contribution in [0.15, 0.2) is 18.2 Å². The van der Waals surface area contributed by atoms with Gasteiger partial charge in [-0.05, 0) is 62.1 Å². The molecule has 0 heterocycles. The Labute approximate surface area is 120 Å². The number of rotatable bonds is 4. The zero-order valence-electron chi connectivity index (χ0n) is 11.6. The van der Waals surface area contributed by atoms with Crippen LogP contribution in [0.5, 0.6) is 0 Å². The molecule has 1 saturated carbocycles. The van der Waals surface area contributed by atoms with E-state index in [1.165, 1.54) is 25.3 Å². The van der Waals surface area contributed by atoms with Gasteiger partial charge in [-0.15, -0.1) is 0 Å². The molecule has 2 rings (SSSR count). The van der Waals surface area contributed by atoms with Crippen molar-refractivity contribution in [1.29, 1.82) is 0 Å². The van der Waals surface area contributed by atoms with Gasteiger partial charge in [-0.1, -0.05) is 31.0 Å². The van der Waals surface area contributed by atoms with Crippen molar-refractivity contribution in [1.82, 2.24) is 0 Å². The Morgan fingerprint density at radius 3 is 2.58 bits per heavy atom. The molecule has 0 aromatic heterocycles. The molecule has 0 spiro atoms. The minimum atomic E-state index is -0.196. The van der Waals surface area contributed by atoms with Gasteiger partial charge in [-0.3, -0.25) is 0 Å². The van der Waals surface area contributed by atoms with Gasteiger partial charge in [-0.2, -0.15) is 0 Å². The molecular formula is C16H23ClFN. The van der Waals surface area contributed by atoms with Crippen LogP contribution >= 0.6 is 11.6 Å². The van der Waals surface area contributed by atoms with Crippen molar-refractivity contribution in [2.45, 2.75) is 45.4 Å². The van der Waals surface area contributed by atoms with E-state index in [1.807, 2.05) is 0 Å². The van der Waals surface area contributed by atoms with E-state index in [0.29, 0.717) is 23.6 Å². The molecule has 0 amide bonds. The van der Waals surface area contributed by atoms with Gasteiger partial charge in [0.2, 0.25) is 0 Å². The first kappa shape index (κ1) is 14.8. The SMILES string of the molecule is CCC1CCC(CN)(Cc2c(F)cccc2Cl)CC1. The van der Waals surface area contributed by atoms with Crippen molar-refractivity contribution >= 4 is 11.6 Å². The molecule has 3 heteroatoms. The number of hydrogen-bond acceptors (Lipinski definition) is 1. The van der Waals surface area contributed by atoms with E-state index in [-0.39, 0.29) is 11.2 Å². The Bertz CT molecular complexity index is 405. The lowest BCUT2D eigenvalue weighted by atomic mass is 9.67. The van der Waals surface area contributed by atoms with Crippen LogP contribution in [0.1, 0.15) is 44.6 Å². The van der Waals surface area contributed by atoms with Crippen LogP contribution < -0.4 is 5.73 Å². The molecule has 1 aromatic carbocycles. The van der Waals surface area contributed by atoms with Gasteiger partial charge in [0.25, 0.3) is 0 Å². The summed E-state index contributed by atoms with van der Waals surface area (Å²) in [6.07, 6.45) is 6.51. The summed E-state index contributed by atoms with van der Waals surface area (Å²) in [5, 5.41) is 0.533. The highest BCUT2D eigenvalue weighted by Crippen LogP contribution is 2.43. The van der Waals surface area contributed by atoms with Crippen LogP contribution in [0, 0.1) is 17.2 Å². The van der Waals surface area contributed by atoms with E-state index < -0.39 is 0 Å². The quantitative estimate of drug-likeness (QED) is 0.861. The average molecular weight is 284 g/mol. The largest absolute Gasteiger partial charge is 0.330 e. The summed E-state index contributed by atoms with van der Waals surface area (Å²) in [6, 6.07) is 4.91. The molecule has 1 fully saturated rings. The van der Waals surface area contributed by atoms with Crippen molar-refractivity contribution in [2.24, 2.45) is 17.1 Å². The molecule has 1 aliphatic carbocycles. The van der Waals surface area contributed by atoms with E-state index >= 15 is 0 Å². The highest BCUT2D eigenvalue weighted by atomic mass is 35.5. The molecule has 0 unspecified atom stereocenters. The Balaban J connectivity index is 2.15. The monoisotopic (exact) mass is 283 g/mol. The van der Waals surface area contributed by atoms with E-state index in [4.69, 9.17) is 17.3 Å².